The quantitative estimate of drug-likeness (QED) is 0.875. The van der Waals surface area contributed by atoms with Crippen molar-refractivity contribution in [3.63, 3.8) is 0 Å². The molecule has 0 spiro atoms. The van der Waals surface area contributed by atoms with E-state index < -0.39 is 0 Å². The summed E-state index contributed by atoms with van der Waals surface area (Å²) < 4.78 is 5.86. The van der Waals surface area contributed by atoms with Crippen LogP contribution < -0.4 is 5.32 Å². The Kier molecular flexibility index (Phi) is 4.77. The fraction of sp³-hybridized carbons (Fsp3) is 0.400. The molecule has 0 unspecified atom stereocenters. The topological polar surface area (TPSA) is 45.5 Å². The minimum absolute atomic E-state index is 0.165. The van der Waals surface area contributed by atoms with E-state index in [-0.39, 0.29) is 11.9 Å². The summed E-state index contributed by atoms with van der Waals surface area (Å²) >= 11 is 4.96. The van der Waals surface area contributed by atoms with Crippen LogP contribution in [-0.2, 0) is 0 Å². The second-order valence-corrected chi connectivity index (χ2v) is 6.85. The molecule has 0 aromatic carbocycles. The lowest BCUT2D eigenvalue weighted by Crippen LogP contribution is -2.36. The Morgan fingerprint density at radius 1 is 1.38 bits per heavy atom. The minimum atomic E-state index is -0.165. The molecule has 1 fully saturated rings. The third-order valence-electron chi connectivity index (χ3n) is 3.71. The SMILES string of the molecule is O=C(NC[C@H](c1cccs1)N1CCCC1)c1ccc(Br)o1. The number of amides is 1. The van der Waals surface area contributed by atoms with Crippen molar-refractivity contribution in [2.24, 2.45) is 0 Å². The van der Waals surface area contributed by atoms with Crippen molar-refractivity contribution in [3.8, 4) is 0 Å². The largest absolute Gasteiger partial charge is 0.444 e. The van der Waals surface area contributed by atoms with Gasteiger partial charge in [-0.3, -0.25) is 9.69 Å². The van der Waals surface area contributed by atoms with Gasteiger partial charge in [0.25, 0.3) is 5.91 Å². The van der Waals surface area contributed by atoms with Crippen molar-refractivity contribution in [2.45, 2.75) is 18.9 Å². The summed E-state index contributed by atoms with van der Waals surface area (Å²) in [6, 6.07) is 7.87. The number of nitrogens with zero attached hydrogens (tertiary/aromatic N) is 1. The molecule has 0 aliphatic carbocycles. The summed E-state index contributed by atoms with van der Waals surface area (Å²) in [6.45, 7) is 2.81. The number of halogens is 1. The average Bonchev–Trinajstić information content (AvgIpc) is 3.21. The van der Waals surface area contributed by atoms with Crippen molar-refractivity contribution in [1.82, 2.24) is 10.2 Å². The summed E-state index contributed by atoms with van der Waals surface area (Å²) in [5, 5.41) is 5.08. The van der Waals surface area contributed by atoms with Gasteiger partial charge in [0.05, 0.1) is 6.04 Å². The van der Waals surface area contributed by atoms with Crippen molar-refractivity contribution >= 4 is 33.2 Å². The first-order valence-corrected chi connectivity index (χ1v) is 8.72. The third-order valence-corrected chi connectivity index (χ3v) is 5.11. The molecular formula is C15H17BrN2O2S. The van der Waals surface area contributed by atoms with Gasteiger partial charge in [0.2, 0.25) is 0 Å². The Bertz CT molecular complexity index is 591. The molecule has 1 atom stereocenters. The van der Waals surface area contributed by atoms with Gasteiger partial charge < -0.3 is 9.73 Å². The van der Waals surface area contributed by atoms with Gasteiger partial charge in [-0.2, -0.15) is 0 Å². The fourth-order valence-corrected chi connectivity index (χ4v) is 3.82. The van der Waals surface area contributed by atoms with Gasteiger partial charge in [0.1, 0.15) is 0 Å². The maximum absolute atomic E-state index is 12.1. The highest BCUT2D eigenvalue weighted by Crippen LogP contribution is 2.28. The first-order valence-electron chi connectivity index (χ1n) is 7.05. The molecule has 0 saturated carbocycles. The number of carbonyl (C=O) groups is 1. The fourth-order valence-electron chi connectivity index (χ4n) is 2.66. The summed E-state index contributed by atoms with van der Waals surface area (Å²) in [5.41, 5.74) is 0. The van der Waals surface area contributed by atoms with Gasteiger partial charge in [-0.15, -0.1) is 11.3 Å². The third kappa shape index (κ3) is 3.56. The Morgan fingerprint density at radius 3 is 2.81 bits per heavy atom. The zero-order valence-corrected chi connectivity index (χ0v) is 14.0. The van der Waals surface area contributed by atoms with Crippen LogP contribution in [-0.4, -0.2) is 30.4 Å². The number of thiophene rings is 1. The zero-order valence-electron chi connectivity index (χ0n) is 11.5. The van der Waals surface area contributed by atoms with E-state index in [1.165, 1.54) is 17.7 Å². The van der Waals surface area contributed by atoms with E-state index >= 15 is 0 Å². The summed E-state index contributed by atoms with van der Waals surface area (Å²) in [6.07, 6.45) is 2.47. The number of hydrogen-bond acceptors (Lipinski definition) is 4. The highest BCUT2D eigenvalue weighted by atomic mass is 79.9. The van der Waals surface area contributed by atoms with Crippen molar-refractivity contribution in [2.75, 3.05) is 19.6 Å². The molecule has 3 heterocycles. The first-order chi connectivity index (χ1) is 10.2. The average molecular weight is 369 g/mol. The number of hydrogen-bond donors (Lipinski definition) is 1. The standard InChI is InChI=1S/C15H17BrN2O2S/c16-14-6-5-12(20-14)15(19)17-10-11(13-4-3-9-21-13)18-7-1-2-8-18/h3-6,9,11H,1-2,7-8,10H2,(H,17,19)/t11-/m1/s1. The highest BCUT2D eigenvalue weighted by Gasteiger charge is 2.25. The van der Waals surface area contributed by atoms with Crippen LogP contribution in [0.3, 0.4) is 0 Å². The first kappa shape index (κ1) is 14.8. The van der Waals surface area contributed by atoms with Crippen molar-refractivity contribution < 1.29 is 9.21 Å². The maximum Gasteiger partial charge on any atom is 0.287 e. The number of carbonyl (C=O) groups excluding carboxylic acids is 1. The minimum Gasteiger partial charge on any atom is -0.444 e. The normalized spacial score (nSPS) is 17.0. The second kappa shape index (κ2) is 6.77. The van der Waals surface area contributed by atoms with Crippen LogP contribution in [0.2, 0.25) is 0 Å². The number of nitrogens with one attached hydrogen (secondary N) is 1. The van der Waals surface area contributed by atoms with E-state index in [4.69, 9.17) is 4.42 Å². The predicted molar refractivity (Wildman–Crippen MR) is 86.6 cm³/mol. The molecular weight excluding hydrogens is 352 g/mol. The van der Waals surface area contributed by atoms with E-state index in [0.717, 1.165) is 13.1 Å². The smallest absolute Gasteiger partial charge is 0.287 e. The molecule has 0 radical (unpaired) electrons. The number of likely N-dealkylation sites (tertiary alicyclic amines) is 1. The van der Waals surface area contributed by atoms with Gasteiger partial charge in [-0.05, 0) is 65.4 Å². The predicted octanol–water partition coefficient (Wildman–Crippen LogP) is 3.67. The van der Waals surface area contributed by atoms with Gasteiger partial charge in [-0.25, -0.2) is 0 Å². The van der Waals surface area contributed by atoms with Crippen LogP contribution >= 0.6 is 27.3 Å². The Hall–Kier alpha value is -1.11. The monoisotopic (exact) mass is 368 g/mol. The molecule has 1 amide bonds. The molecule has 1 saturated heterocycles. The molecule has 6 heteroatoms. The van der Waals surface area contributed by atoms with Crippen LogP contribution in [0.4, 0.5) is 0 Å². The van der Waals surface area contributed by atoms with Crippen LogP contribution in [0.1, 0.15) is 34.3 Å². The molecule has 1 aliphatic heterocycles. The van der Waals surface area contributed by atoms with Crippen LogP contribution in [0.25, 0.3) is 0 Å². The van der Waals surface area contributed by atoms with E-state index in [0.29, 0.717) is 17.0 Å². The Labute approximate surface area is 136 Å². The molecule has 0 bridgehead atoms. The molecule has 1 aliphatic rings. The highest BCUT2D eigenvalue weighted by molar-refractivity contribution is 9.10. The summed E-state index contributed by atoms with van der Waals surface area (Å²) in [7, 11) is 0. The van der Waals surface area contributed by atoms with Gasteiger partial charge in [0.15, 0.2) is 10.4 Å². The molecule has 21 heavy (non-hydrogen) atoms. The molecule has 2 aromatic rings. The second-order valence-electron chi connectivity index (χ2n) is 5.09. The van der Waals surface area contributed by atoms with E-state index in [1.54, 1.807) is 23.5 Å². The molecule has 3 rings (SSSR count). The molecule has 4 nitrogen and oxygen atoms in total. The number of rotatable bonds is 5. The van der Waals surface area contributed by atoms with Gasteiger partial charge in [0, 0.05) is 11.4 Å². The van der Waals surface area contributed by atoms with Crippen LogP contribution in [0, 0.1) is 0 Å². The van der Waals surface area contributed by atoms with Crippen LogP contribution in [0.15, 0.2) is 38.7 Å². The van der Waals surface area contributed by atoms with Gasteiger partial charge >= 0.3 is 0 Å². The summed E-state index contributed by atoms with van der Waals surface area (Å²) in [5.74, 6) is 0.176. The van der Waals surface area contributed by atoms with E-state index in [1.807, 2.05) is 0 Å². The lowest BCUT2D eigenvalue weighted by Gasteiger charge is -2.26. The lowest BCUT2D eigenvalue weighted by molar-refractivity contribution is 0.0909. The summed E-state index contributed by atoms with van der Waals surface area (Å²) in [4.78, 5) is 15.9. The Morgan fingerprint density at radius 2 is 2.19 bits per heavy atom. The maximum atomic E-state index is 12.1. The van der Waals surface area contributed by atoms with E-state index in [2.05, 4.69) is 43.7 Å². The van der Waals surface area contributed by atoms with Crippen molar-refractivity contribution in [3.05, 3.63) is 45.0 Å². The zero-order chi connectivity index (χ0) is 14.7. The Balaban J connectivity index is 1.66. The molecule has 112 valence electrons. The van der Waals surface area contributed by atoms with Crippen molar-refractivity contribution in [1.29, 1.82) is 0 Å². The van der Waals surface area contributed by atoms with E-state index in [9.17, 15) is 4.79 Å². The van der Waals surface area contributed by atoms with Gasteiger partial charge in [-0.1, -0.05) is 6.07 Å². The molecule has 2 aromatic heterocycles. The van der Waals surface area contributed by atoms with Crippen LogP contribution in [0.5, 0.6) is 0 Å². The molecule has 1 N–H and O–H groups in total. The number of furan rings is 1. The lowest BCUT2D eigenvalue weighted by atomic mass is 10.2.